The Morgan fingerprint density at radius 3 is 2.84 bits per heavy atom. The zero-order chi connectivity index (χ0) is 22.1. The number of methoxy groups -OCH3 is 1. The molecule has 5 rings (SSSR count). The van der Waals surface area contributed by atoms with Gasteiger partial charge in [0.25, 0.3) is 5.91 Å². The lowest BCUT2D eigenvalue weighted by molar-refractivity contribution is -0.119. The molecule has 8 heteroatoms. The van der Waals surface area contributed by atoms with Crippen LogP contribution in [0.5, 0.6) is 11.5 Å². The highest BCUT2D eigenvalue weighted by Gasteiger charge is 2.26. The summed E-state index contributed by atoms with van der Waals surface area (Å²) in [7, 11) is 1.48. The molecule has 2 amide bonds. The van der Waals surface area contributed by atoms with Gasteiger partial charge in [0, 0.05) is 49.0 Å². The number of ether oxygens (including phenoxy) is 3. The summed E-state index contributed by atoms with van der Waals surface area (Å²) >= 11 is 0. The van der Waals surface area contributed by atoms with E-state index in [2.05, 4.69) is 5.32 Å². The number of nitrogens with zero attached hydrogens (tertiary/aromatic N) is 1. The molecule has 0 atom stereocenters. The van der Waals surface area contributed by atoms with Gasteiger partial charge < -0.3 is 28.8 Å². The lowest BCUT2D eigenvalue weighted by Crippen LogP contribution is -2.35. The molecule has 0 fully saturated rings. The fraction of sp³-hybridized carbons (Fsp3) is 0.250. The number of furan rings is 1. The summed E-state index contributed by atoms with van der Waals surface area (Å²) in [5.41, 5.74) is 3.07. The van der Waals surface area contributed by atoms with E-state index in [0.717, 1.165) is 16.9 Å². The Labute approximate surface area is 184 Å². The molecule has 0 saturated carbocycles. The Morgan fingerprint density at radius 1 is 1.09 bits per heavy atom. The number of hydrogen-bond acceptors (Lipinski definition) is 6. The number of benzene rings is 2. The summed E-state index contributed by atoms with van der Waals surface area (Å²) in [4.78, 5) is 26.6. The van der Waals surface area contributed by atoms with E-state index in [-0.39, 0.29) is 25.2 Å². The first-order valence-electron chi connectivity index (χ1n) is 10.3. The SMILES string of the molecule is COCC(=O)Nc1cccc(-c2cc3c(o2)CCN(C(=O)c2ccc4c(c2)OCO4)C3)c1. The van der Waals surface area contributed by atoms with Crippen LogP contribution in [-0.2, 0) is 22.5 Å². The molecule has 1 aromatic heterocycles. The second kappa shape index (κ2) is 8.39. The molecule has 0 bridgehead atoms. The molecule has 3 aromatic rings. The number of rotatable bonds is 5. The van der Waals surface area contributed by atoms with E-state index in [0.29, 0.717) is 48.0 Å². The second-order valence-corrected chi connectivity index (χ2v) is 7.67. The average Bonchev–Trinajstić information content (AvgIpc) is 3.44. The molecule has 164 valence electrons. The summed E-state index contributed by atoms with van der Waals surface area (Å²) < 4.78 is 21.6. The molecule has 0 spiro atoms. The smallest absolute Gasteiger partial charge is 0.254 e. The molecule has 1 N–H and O–H groups in total. The maximum absolute atomic E-state index is 13.0. The number of carbonyl (C=O) groups excluding carboxylic acids is 2. The van der Waals surface area contributed by atoms with Gasteiger partial charge in [-0.3, -0.25) is 9.59 Å². The molecule has 32 heavy (non-hydrogen) atoms. The molecule has 3 heterocycles. The van der Waals surface area contributed by atoms with Crippen molar-refractivity contribution in [3.05, 3.63) is 65.4 Å². The number of fused-ring (bicyclic) bond motifs is 2. The van der Waals surface area contributed by atoms with E-state index in [1.807, 2.05) is 30.3 Å². The van der Waals surface area contributed by atoms with Crippen LogP contribution >= 0.6 is 0 Å². The standard InChI is InChI=1S/C24H22N2O6/c1-29-13-23(27)25-18-4-2-3-15(9-18)21-11-17-12-26(8-7-19(17)32-21)24(28)16-5-6-20-22(10-16)31-14-30-20/h2-6,9-11H,7-8,12-14H2,1H3,(H,25,27). The van der Waals surface area contributed by atoms with Gasteiger partial charge in [0.1, 0.15) is 18.1 Å². The van der Waals surface area contributed by atoms with Crippen LogP contribution in [0.1, 0.15) is 21.7 Å². The first-order chi connectivity index (χ1) is 15.6. The number of carbonyl (C=O) groups is 2. The van der Waals surface area contributed by atoms with Crippen LogP contribution < -0.4 is 14.8 Å². The molecule has 0 aliphatic carbocycles. The van der Waals surface area contributed by atoms with Crippen molar-refractivity contribution in [3.63, 3.8) is 0 Å². The molecule has 0 saturated heterocycles. The quantitative estimate of drug-likeness (QED) is 0.662. The van der Waals surface area contributed by atoms with Crippen molar-refractivity contribution in [3.8, 4) is 22.8 Å². The Hall–Kier alpha value is -3.78. The first-order valence-corrected chi connectivity index (χ1v) is 10.3. The van der Waals surface area contributed by atoms with Gasteiger partial charge in [-0.05, 0) is 36.4 Å². The lowest BCUT2D eigenvalue weighted by Gasteiger charge is -2.26. The molecule has 0 radical (unpaired) electrons. The highest BCUT2D eigenvalue weighted by Crippen LogP contribution is 2.34. The van der Waals surface area contributed by atoms with Crippen LogP contribution in [0.2, 0.25) is 0 Å². The van der Waals surface area contributed by atoms with Crippen LogP contribution in [-0.4, -0.2) is 43.8 Å². The zero-order valence-electron chi connectivity index (χ0n) is 17.6. The minimum Gasteiger partial charge on any atom is -0.461 e. The monoisotopic (exact) mass is 434 g/mol. The van der Waals surface area contributed by atoms with Crippen LogP contribution in [0.4, 0.5) is 5.69 Å². The third kappa shape index (κ3) is 3.92. The van der Waals surface area contributed by atoms with Crippen molar-refractivity contribution >= 4 is 17.5 Å². The van der Waals surface area contributed by atoms with E-state index >= 15 is 0 Å². The van der Waals surface area contributed by atoms with Crippen molar-refractivity contribution in [2.45, 2.75) is 13.0 Å². The number of amides is 2. The van der Waals surface area contributed by atoms with Crippen LogP contribution in [0.25, 0.3) is 11.3 Å². The molecule has 8 nitrogen and oxygen atoms in total. The Balaban J connectivity index is 1.32. The van der Waals surface area contributed by atoms with Gasteiger partial charge in [-0.1, -0.05) is 12.1 Å². The van der Waals surface area contributed by atoms with Gasteiger partial charge in [-0.15, -0.1) is 0 Å². The minimum atomic E-state index is -0.221. The largest absolute Gasteiger partial charge is 0.461 e. The minimum absolute atomic E-state index is 0.00743. The third-order valence-electron chi connectivity index (χ3n) is 5.48. The van der Waals surface area contributed by atoms with Crippen molar-refractivity contribution < 1.29 is 28.2 Å². The van der Waals surface area contributed by atoms with E-state index in [4.69, 9.17) is 18.6 Å². The highest BCUT2D eigenvalue weighted by molar-refractivity contribution is 5.95. The molecular weight excluding hydrogens is 412 g/mol. The summed E-state index contributed by atoms with van der Waals surface area (Å²) in [6.07, 6.45) is 0.635. The zero-order valence-corrected chi connectivity index (χ0v) is 17.6. The van der Waals surface area contributed by atoms with E-state index in [1.165, 1.54) is 7.11 Å². The van der Waals surface area contributed by atoms with E-state index in [1.54, 1.807) is 23.1 Å². The molecule has 2 aliphatic heterocycles. The second-order valence-electron chi connectivity index (χ2n) is 7.67. The van der Waals surface area contributed by atoms with Crippen molar-refractivity contribution in [1.82, 2.24) is 4.90 Å². The third-order valence-corrected chi connectivity index (χ3v) is 5.48. The van der Waals surface area contributed by atoms with Crippen LogP contribution in [0.15, 0.2) is 52.9 Å². The number of anilines is 1. The van der Waals surface area contributed by atoms with E-state index < -0.39 is 0 Å². The van der Waals surface area contributed by atoms with Gasteiger partial charge >= 0.3 is 0 Å². The fourth-order valence-electron chi connectivity index (χ4n) is 3.94. The Kier molecular flexibility index (Phi) is 5.28. The van der Waals surface area contributed by atoms with Gasteiger partial charge in [0.15, 0.2) is 11.5 Å². The maximum Gasteiger partial charge on any atom is 0.254 e. The summed E-state index contributed by atoms with van der Waals surface area (Å²) in [6, 6.07) is 14.7. The van der Waals surface area contributed by atoms with Gasteiger partial charge in [-0.25, -0.2) is 0 Å². The fourth-order valence-corrected chi connectivity index (χ4v) is 3.94. The van der Waals surface area contributed by atoms with Crippen LogP contribution in [0, 0.1) is 0 Å². The predicted molar refractivity (Wildman–Crippen MR) is 116 cm³/mol. The summed E-state index contributed by atoms with van der Waals surface area (Å²) in [5, 5.41) is 2.79. The molecule has 2 aliphatic rings. The Morgan fingerprint density at radius 2 is 1.97 bits per heavy atom. The normalized spacial score (nSPS) is 14.2. The highest BCUT2D eigenvalue weighted by atomic mass is 16.7. The maximum atomic E-state index is 13.0. The Bertz CT molecular complexity index is 1180. The van der Waals surface area contributed by atoms with Crippen molar-refractivity contribution in [2.24, 2.45) is 0 Å². The molecule has 0 unspecified atom stereocenters. The lowest BCUT2D eigenvalue weighted by atomic mass is 10.1. The van der Waals surface area contributed by atoms with Crippen molar-refractivity contribution in [2.75, 3.05) is 32.4 Å². The topological polar surface area (TPSA) is 90.2 Å². The molecule has 2 aromatic carbocycles. The average molecular weight is 434 g/mol. The van der Waals surface area contributed by atoms with Gasteiger partial charge in [-0.2, -0.15) is 0 Å². The summed E-state index contributed by atoms with van der Waals surface area (Å²) in [5.74, 6) is 2.55. The molecular formula is C24H22N2O6. The predicted octanol–water partition coefficient (Wildman–Crippen LogP) is 3.46. The van der Waals surface area contributed by atoms with Crippen molar-refractivity contribution in [1.29, 1.82) is 0 Å². The summed E-state index contributed by atoms with van der Waals surface area (Å²) in [6.45, 7) is 1.21. The van der Waals surface area contributed by atoms with Crippen LogP contribution in [0.3, 0.4) is 0 Å². The number of nitrogens with one attached hydrogen (secondary N) is 1. The first kappa shape index (κ1) is 20.1. The van der Waals surface area contributed by atoms with Gasteiger partial charge in [0.2, 0.25) is 12.7 Å². The van der Waals surface area contributed by atoms with E-state index in [9.17, 15) is 9.59 Å². The number of hydrogen-bond donors (Lipinski definition) is 1. The van der Waals surface area contributed by atoms with Gasteiger partial charge in [0.05, 0.1) is 0 Å².